The molecule has 0 aromatic heterocycles. The topological polar surface area (TPSA) is 43.0 Å². The third kappa shape index (κ3) is 3.61. The maximum absolute atomic E-state index is 5.27. The van der Waals surface area contributed by atoms with Crippen molar-refractivity contribution in [3.8, 4) is 11.5 Å². The van der Waals surface area contributed by atoms with E-state index >= 15 is 0 Å². The van der Waals surface area contributed by atoms with Crippen LogP contribution in [0.15, 0.2) is 18.2 Å². The summed E-state index contributed by atoms with van der Waals surface area (Å²) in [6, 6.07) is 6.03. The van der Waals surface area contributed by atoms with Gasteiger partial charge in [0.05, 0.1) is 26.9 Å². The van der Waals surface area contributed by atoms with Gasteiger partial charge < -0.3 is 19.5 Å². The van der Waals surface area contributed by atoms with E-state index in [2.05, 4.69) is 11.4 Å². The molecule has 0 aliphatic carbocycles. The second-order valence-electron chi connectivity index (χ2n) is 4.10. The van der Waals surface area contributed by atoms with E-state index in [4.69, 9.17) is 14.2 Å². The Kier molecular flexibility index (Phi) is 4.23. The van der Waals surface area contributed by atoms with Crippen molar-refractivity contribution in [1.29, 1.82) is 0 Å². The lowest BCUT2D eigenvalue weighted by molar-refractivity contribution is 0.354. The SMILES string of the molecule is COc1ccc(CCNCC2CO2)cc1OC. The monoisotopic (exact) mass is 237 g/mol. The third-order valence-corrected chi connectivity index (χ3v) is 2.81. The fraction of sp³-hybridized carbons (Fsp3) is 0.538. The van der Waals surface area contributed by atoms with Crippen molar-refractivity contribution in [3.63, 3.8) is 0 Å². The first-order valence-electron chi connectivity index (χ1n) is 5.86. The van der Waals surface area contributed by atoms with E-state index in [0.717, 1.165) is 37.6 Å². The van der Waals surface area contributed by atoms with Gasteiger partial charge in [0.25, 0.3) is 0 Å². The van der Waals surface area contributed by atoms with E-state index in [1.807, 2.05) is 12.1 Å². The van der Waals surface area contributed by atoms with E-state index in [1.165, 1.54) is 5.56 Å². The number of nitrogens with one attached hydrogen (secondary N) is 1. The van der Waals surface area contributed by atoms with Gasteiger partial charge in [-0.3, -0.25) is 0 Å². The molecule has 0 spiro atoms. The molecule has 1 saturated heterocycles. The van der Waals surface area contributed by atoms with Crippen LogP contribution in [0, 0.1) is 0 Å². The summed E-state index contributed by atoms with van der Waals surface area (Å²) in [5, 5.41) is 3.36. The highest BCUT2D eigenvalue weighted by Gasteiger charge is 2.20. The highest BCUT2D eigenvalue weighted by molar-refractivity contribution is 5.42. The van der Waals surface area contributed by atoms with Crippen molar-refractivity contribution in [2.75, 3.05) is 33.9 Å². The Labute approximate surface area is 102 Å². The molecule has 1 atom stereocenters. The highest BCUT2D eigenvalue weighted by Crippen LogP contribution is 2.27. The standard InChI is InChI=1S/C13H19NO3/c1-15-12-4-3-10(7-13(12)16-2)5-6-14-8-11-9-17-11/h3-4,7,11,14H,5-6,8-9H2,1-2H3. The van der Waals surface area contributed by atoms with Gasteiger partial charge in [0.2, 0.25) is 0 Å². The minimum absolute atomic E-state index is 0.445. The van der Waals surface area contributed by atoms with Crippen LogP contribution < -0.4 is 14.8 Å². The molecular weight excluding hydrogens is 218 g/mol. The van der Waals surface area contributed by atoms with Gasteiger partial charge in [0.15, 0.2) is 11.5 Å². The molecule has 1 aliphatic heterocycles. The molecule has 0 bridgehead atoms. The molecule has 0 saturated carbocycles. The molecule has 1 heterocycles. The van der Waals surface area contributed by atoms with Crippen LogP contribution in [0.5, 0.6) is 11.5 Å². The normalized spacial score (nSPS) is 17.9. The average Bonchev–Trinajstić information content (AvgIpc) is 3.18. The van der Waals surface area contributed by atoms with Gasteiger partial charge in [-0.15, -0.1) is 0 Å². The molecule has 4 nitrogen and oxygen atoms in total. The summed E-state index contributed by atoms with van der Waals surface area (Å²) in [6.07, 6.45) is 1.42. The maximum Gasteiger partial charge on any atom is 0.160 e. The molecule has 1 unspecified atom stereocenters. The maximum atomic E-state index is 5.27. The summed E-state index contributed by atoms with van der Waals surface area (Å²) in [4.78, 5) is 0. The fourth-order valence-corrected chi connectivity index (χ4v) is 1.72. The van der Waals surface area contributed by atoms with Crippen LogP contribution in [0.25, 0.3) is 0 Å². The van der Waals surface area contributed by atoms with Gasteiger partial charge in [0, 0.05) is 6.54 Å². The molecule has 1 aromatic carbocycles. The summed E-state index contributed by atoms with van der Waals surface area (Å²) >= 11 is 0. The van der Waals surface area contributed by atoms with Crippen molar-refractivity contribution in [2.45, 2.75) is 12.5 Å². The van der Waals surface area contributed by atoms with E-state index in [9.17, 15) is 0 Å². The van der Waals surface area contributed by atoms with Crippen molar-refractivity contribution >= 4 is 0 Å². The zero-order chi connectivity index (χ0) is 12.1. The zero-order valence-corrected chi connectivity index (χ0v) is 10.4. The first-order chi connectivity index (χ1) is 8.33. The Balaban J connectivity index is 1.82. The Hall–Kier alpha value is -1.26. The highest BCUT2D eigenvalue weighted by atomic mass is 16.6. The minimum atomic E-state index is 0.445. The molecule has 2 rings (SSSR count). The first-order valence-corrected chi connectivity index (χ1v) is 5.86. The van der Waals surface area contributed by atoms with Crippen LogP contribution in [0.2, 0.25) is 0 Å². The van der Waals surface area contributed by atoms with Crippen LogP contribution in [0.4, 0.5) is 0 Å². The summed E-state index contributed by atoms with van der Waals surface area (Å²) in [5.41, 5.74) is 1.24. The molecule has 1 aliphatic rings. The first kappa shape index (κ1) is 12.2. The van der Waals surface area contributed by atoms with Crippen LogP contribution in [-0.2, 0) is 11.2 Å². The second kappa shape index (κ2) is 5.89. The van der Waals surface area contributed by atoms with Gasteiger partial charge in [0.1, 0.15) is 0 Å². The number of methoxy groups -OCH3 is 2. The molecule has 94 valence electrons. The summed E-state index contributed by atoms with van der Waals surface area (Å²) in [6.45, 7) is 2.81. The summed E-state index contributed by atoms with van der Waals surface area (Å²) < 4.78 is 15.6. The lowest BCUT2D eigenvalue weighted by atomic mass is 10.1. The number of hydrogen-bond acceptors (Lipinski definition) is 4. The van der Waals surface area contributed by atoms with Crippen LogP contribution in [-0.4, -0.2) is 40.0 Å². The molecule has 4 heteroatoms. The number of hydrogen-bond donors (Lipinski definition) is 1. The van der Waals surface area contributed by atoms with E-state index in [-0.39, 0.29) is 0 Å². The predicted octanol–water partition coefficient (Wildman–Crippen LogP) is 1.23. The molecule has 1 N–H and O–H groups in total. The van der Waals surface area contributed by atoms with Gasteiger partial charge in [-0.25, -0.2) is 0 Å². The molecule has 1 fully saturated rings. The number of benzene rings is 1. The number of rotatable bonds is 7. The van der Waals surface area contributed by atoms with Gasteiger partial charge >= 0.3 is 0 Å². The van der Waals surface area contributed by atoms with Gasteiger partial charge in [-0.05, 0) is 30.7 Å². The van der Waals surface area contributed by atoms with Crippen LogP contribution >= 0.6 is 0 Å². The third-order valence-electron chi connectivity index (χ3n) is 2.81. The van der Waals surface area contributed by atoms with Crippen LogP contribution in [0.3, 0.4) is 0 Å². The number of epoxide rings is 1. The molecule has 0 amide bonds. The predicted molar refractivity (Wildman–Crippen MR) is 65.9 cm³/mol. The van der Waals surface area contributed by atoms with Crippen molar-refractivity contribution in [3.05, 3.63) is 23.8 Å². The molecule has 0 radical (unpaired) electrons. The Morgan fingerprint density at radius 2 is 2.06 bits per heavy atom. The summed E-state index contributed by atoms with van der Waals surface area (Å²) in [5.74, 6) is 1.56. The second-order valence-corrected chi connectivity index (χ2v) is 4.10. The van der Waals surface area contributed by atoms with Crippen molar-refractivity contribution < 1.29 is 14.2 Å². The van der Waals surface area contributed by atoms with E-state index in [1.54, 1.807) is 14.2 Å². The molecular formula is C13H19NO3. The fourth-order valence-electron chi connectivity index (χ4n) is 1.72. The largest absolute Gasteiger partial charge is 0.493 e. The van der Waals surface area contributed by atoms with Gasteiger partial charge in [-0.1, -0.05) is 6.07 Å². The Bertz CT molecular complexity index is 364. The Morgan fingerprint density at radius 3 is 2.71 bits per heavy atom. The average molecular weight is 237 g/mol. The molecule has 17 heavy (non-hydrogen) atoms. The van der Waals surface area contributed by atoms with E-state index in [0.29, 0.717) is 6.10 Å². The minimum Gasteiger partial charge on any atom is -0.493 e. The lowest BCUT2D eigenvalue weighted by Crippen LogP contribution is -2.22. The van der Waals surface area contributed by atoms with E-state index < -0.39 is 0 Å². The van der Waals surface area contributed by atoms with Crippen molar-refractivity contribution in [2.24, 2.45) is 0 Å². The summed E-state index contributed by atoms with van der Waals surface area (Å²) in [7, 11) is 3.30. The molecule has 1 aromatic rings. The Morgan fingerprint density at radius 1 is 1.29 bits per heavy atom. The van der Waals surface area contributed by atoms with Gasteiger partial charge in [-0.2, -0.15) is 0 Å². The lowest BCUT2D eigenvalue weighted by Gasteiger charge is -2.09. The quantitative estimate of drug-likeness (QED) is 0.572. The smallest absolute Gasteiger partial charge is 0.160 e. The zero-order valence-electron chi connectivity index (χ0n) is 10.4. The number of ether oxygens (including phenoxy) is 3. The van der Waals surface area contributed by atoms with Crippen molar-refractivity contribution in [1.82, 2.24) is 5.32 Å². The van der Waals surface area contributed by atoms with Crippen LogP contribution in [0.1, 0.15) is 5.56 Å².